The van der Waals surface area contributed by atoms with E-state index >= 15 is 0 Å². The number of rotatable bonds is 6. The highest BCUT2D eigenvalue weighted by molar-refractivity contribution is 7.01. The first-order chi connectivity index (χ1) is 35.7. The first-order valence-electron chi connectivity index (χ1n) is 25.0. The van der Waals surface area contributed by atoms with E-state index in [0.29, 0.717) is 0 Å². The average Bonchev–Trinajstić information content (AvgIpc) is 3.45. The Bertz CT molecular complexity index is 3700. The Hall–Kier alpha value is -9.05. The molecule has 0 radical (unpaired) electrons. The van der Waals surface area contributed by atoms with Crippen LogP contribution in [0.2, 0.25) is 0 Å². The summed E-state index contributed by atoms with van der Waals surface area (Å²) in [5, 5.41) is 0. The van der Waals surface area contributed by atoms with Crippen LogP contribution in [0.5, 0.6) is 23.0 Å². The first kappa shape index (κ1) is 40.8. The maximum Gasteiger partial charge on any atom is 0.256 e. The lowest BCUT2D eigenvalue weighted by atomic mass is 9.29. The van der Waals surface area contributed by atoms with E-state index < -0.39 is 0 Å². The minimum Gasteiger partial charge on any atom is -0.458 e. The summed E-state index contributed by atoms with van der Waals surface area (Å²) < 4.78 is 14.7. The molecule has 4 heterocycles. The van der Waals surface area contributed by atoms with Crippen LogP contribution >= 0.6 is 0 Å². The monoisotopic (exact) mass is 915 g/mol. The molecule has 4 aliphatic heterocycles. The van der Waals surface area contributed by atoms with Crippen LogP contribution in [0, 0.1) is 0 Å². The fraction of sp³-hybridized carbons (Fsp3) is 0.0149. The molecule has 11 aromatic rings. The van der Waals surface area contributed by atoms with E-state index in [1.807, 2.05) is 0 Å². The van der Waals surface area contributed by atoms with Crippen molar-refractivity contribution < 1.29 is 9.47 Å². The number of hydrogen-bond acceptors (Lipinski definition) is 3. The molecule has 3 nitrogen and oxygen atoms in total. The Kier molecular flexibility index (Phi) is 9.22. The Labute approximate surface area is 420 Å². The Morgan fingerprint density at radius 2 is 0.750 bits per heavy atom. The van der Waals surface area contributed by atoms with Gasteiger partial charge in [0.2, 0.25) is 0 Å². The fourth-order valence-electron chi connectivity index (χ4n) is 12.5. The molecule has 0 amide bonds. The van der Waals surface area contributed by atoms with Gasteiger partial charge in [-0.25, -0.2) is 0 Å². The zero-order chi connectivity index (χ0) is 47.3. The van der Waals surface area contributed by atoms with Gasteiger partial charge in [0.25, 0.3) is 13.4 Å². The van der Waals surface area contributed by atoms with Crippen LogP contribution in [0.4, 0.5) is 17.1 Å². The van der Waals surface area contributed by atoms with E-state index in [0.717, 1.165) is 78.7 Å². The van der Waals surface area contributed by atoms with Crippen LogP contribution in [0.3, 0.4) is 0 Å². The molecule has 334 valence electrons. The number of benzene rings is 11. The van der Waals surface area contributed by atoms with Gasteiger partial charge in [0.05, 0.1) is 5.69 Å². The zero-order valence-electron chi connectivity index (χ0n) is 39.2. The highest BCUT2D eigenvalue weighted by Crippen LogP contribution is 2.48. The maximum absolute atomic E-state index is 7.37. The van der Waals surface area contributed by atoms with Crippen LogP contribution in [-0.2, 0) is 0 Å². The molecule has 72 heavy (non-hydrogen) atoms. The topological polar surface area (TPSA) is 21.7 Å². The van der Waals surface area contributed by atoms with Crippen molar-refractivity contribution in [3.63, 3.8) is 0 Å². The highest BCUT2D eigenvalue weighted by Gasteiger charge is 2.47. The van der Waals surface area contributed by atoms with Gasteiger partial charge in [-0.2, -0.15) is 0 Å². The second kappa shape index (κ2) is 16.3. The van der Waals surface area contributed by atoms with Crippen molar-refractivity contribution in [3.8, 4) is 67.5 Å². The lowest BCUT2D eigenvalue weighted by Gasteiger charge is -2.42. The molecule has 0 aliphatic carbocycles. The summed E-state index contributed by atoms with van der Waals surface area (Å²) in [5.74, 6) is 3.35. The second-order valence-electron chi connectivity index (χ2n) is 19.4. The van der Waals surface area contributed by atoms with Crippen molar-refractivity contribution in [3.05, 3.63) is 271 Å². The molecule has 0 aromatic heterocycles. The highest BCUT2D eigenvalue weighted by atomic mass is 16.5. The standard InChI is InChI=1S/C67H43B2NO2/c1-5-21-43(22-6-1)47-37-53-65(51-31-14-13-29-49(51)45-25-9-3-10-26-45)52-32-15-17-33-54(52)68-56-41-57-62(42-61(56)71-63(39-47)66(53)68)72-64-40-48(44-23-7-2-8-24-44)38-60-67(64)69(57)55-34-18-20-36-59(55)70(60)58-35-19-16-30-50(58)46-27-11-4-12-28-46/h1-42,65H. The molecule has 0 bridgehead atoms. The molecule has 5 heteroatoms. The van der Waals surface area contributed by atoms with E-state index in [9.17, 15) is 0 Å². The molecule has 0 N–H and O–H groups in total. The van der Waals surface area contributed by atoms with Gasteiger partial charge >= 0.3 is 0 Å². The van der Waals surface area contributed by atoms with Crippen molar-refractivity contribution >= 4 is 63.3 Å². The fourth-order valence-corrected chi connectivity index (χ4v) is 12.5. The smallest absolute Gasteiger partial charge is 0.256 e. The minimum absolute atomic E-state index is 0.0411. The van der Waals surface area contributed by atoms with Crippen molar-refractivity contribution in [2.24, 2.45) is 0 Å². The summed E-state index contributed by atoms with van der Waals surface area (Å²) >= 11 is 0. The van der Waals surface area contributed by atoms with E-state index in [2.05, 4.69) is 260 Å². The molecule has 0 spiro atoms. The van der Waals surface area contributed by atoms with Gasteiger partial charge in [0.1, 0.15) is 23.0 Å². The van der Waals surface area contributed by atoms with Crippen molar-refractivity contribution in [1.82, 2.24) is 0 Å². The molecule has 15 rings (SSSR count). The number of fused-ring (bicyclic) bond motifs is 8. The van der Waals surface area contributed by atoms with E-state index in [1.165, 1.54) is 55.3 Å². The number of para-hydroxylation sites is 2. The number of anilines is 3. The molecule has 1 atom stereocenters. The van der Waals surface area contributed by atoms with Gasteiger partial charge in [0, 0.05) is 28.9 Å². The quantitative estimate of drug-likeness (QED) is 0.155. The summed E-state index contributed by atoms with van der Waals surface area (Å²) in [4.78, 5) is 2.48. The van der Waals surface area contributed by atoms with Gasteiger partial charge in [-0.05, 0) is 113 Å². The Morgan fingerprint density at radius 3 is 1.40 bits per heavy atom. The third-order valence-electron chi connectivity index (χ3n) is 15.5. The lowest BCUT2D eigenvalue weighted by Crippen LogP contribution is -2.63. The summed E-state index contributed by atoms with van der Waals surface area (Å²) in [6, 6.07) is 92.9. The third-order valence-corrected chi connectivity index (χ3v) is 15.5. The molecule has 0 saturated carbocycles. The third kappa shape index (κ3) is 6.27. The predicted molar refractivity (Wildman–Crippen MR) is 299 cm³/mol. The van der Waals surface area contributed by atoms with Gasteiger partial charge in [-0.3, -0.25) is 0 Å². The summed E-state index contributed by atoms with van der Waals surface area (Å²) in [5.41, 5.74) is 23.8. The molecule has 0 saturated heterocycles. The lowest BCUT2D eigenvalue weighted by molar-refractivity contribution is 0.465. The molecule has 1 unspecified atom stereocenters. The average molecular weight is 916 g/mol. The van der Waals surface area contributed by atoms with Gasteiger partial charge in [0.15, 0.2) is 0 Å². The zero-order valence-corrected chi connectivity index (χ0v) is 39.2. The van der Waals surface area contributed by atoms with Crippen LogP contribution in [-0.4, -0.2) is 13.4 Å². The van der Waals surface area contributed by atoms with Crippen molar-refractivity contribution in [2.45, 2.75) is 5.92 Å². The number of nitrogens with zero attached hydrogens (tertiary/aromatic N) is 1. The summed E-state index contributed by atoms with van der Waals surface area (Å²) in [6.45, 7) is -0.199. The molecular weight excluding hydrogens is 872 g/mol. The maximum atomic E-state index is 7.37. The molecule has 0 fully saturated rings. The van der Waals surface area contributed by atoms with E-state index in [4.69, 9.17) is 9.47 Å². The number of hydrogen-bond donors (Lipinski definition) is 0. The Morgan fingerprint density at radius 1 is 0.278 bits per heavy atom. The molecular formula is C67H43B2NO2. The second-order valence-corrected chi connectivity index (χ2v) is 19.4. The van der Waals surface area contributed by atoms with E-state index in [-0.39, 0.29) is 19.3 Å². The van der Waals surface area contributed by atoms with Crippen molar-refractivity contribution in [1.29, 1.82) is 0 Å². The van der Waals surface area contributed by atoms with Gasteiger partial charge in [-0.15, -0.1) is 0 Å². The summed E-state index contributed by atoms with van der Waals surface area (Å²) in [6.07, 6.45) is 0. The largest absolute Gasteiger partial charge is 0.458 e. The SMILES string of the molecule is c1ccc(-c2cc3c4c(c2)C(c2ccccc2-c2ccccc2)c2ccccc2B4c2cc4c(cc2O3)Oc2cc(-c3ccccc3)cc3c2B4c2ccccc2N3c2ccccc2-c2ccccc2)cc1. The minimum atomic E-state index is -0.115. The normalized spacial score (nSPS) is 14.1. The van der Waals surface area contributed by atoms with Crippen LogP contribution in [0.25, 0.3) is 44.5 Å². The first-order valence-corrected chi connectivity index (χ1v) is 25.0. The summed E-state index contributed by atoms with van der Waals surface area (Å²) in [7, 11) is 0. The van der Waals surface area contributed by atoms with Crippen LogP contribution in [0.15, 0.2) is 255 Å². The number of ether oxygens (including phenoxy) is 2. The molecule has 4 aliphatic rings. The van der Waals surface area contributed by atoms with Gasteiger partial charge < -0.3 is 14.4 Å². The predicted octanol–water partition coefficient (Wildman–Crippen LogP) is 12.9. The van der Waals surface area contributed by atoms with Crippen molar-refractivity contribution in [2.75, 3.05) is 4.90 Å². The molecule has 11 aromatic carbocycles. The van der Waals surface area contributed by atoms with Gasteiger partial charge in [-0.1, -0.05) is 224 Å². The van der Waals surface area contributed by atoms with Crippen LogP contribution < -0.4 is 47.2 Å². The van der Waals surface area contributed by atoms with Crippen LogP contribution in [0.1, 0.15) is 22.6 Å². The van der Waals surface area contributed by atoms with E-state index in [1.54, 1.807) is 0 Å². The Balaban J connectivity index is 0.965.